The Morgan fingerprint density at radius 3 is 2.44 bits per heavy atom. The molecule has 0 radical (unpaired) electrons. The van der Waals surface area contributed by atoms with Crippen LogP contribution >= 0.6 is 11.8 Å². The summed E-state index contributed by atoms with van der Waals surface area (Å²) in [7, 11) is -2.26. The molecule has 0 atom stereocenters. The fraction of sp³-hybridized carbons (Fsp3) is 0.333. The van der Waals surface area contributed by atoms with Crippen LogP contribution in [-0.2, 0) is 15.1 Å². The lowest BCUT2D eigenvalue weighted by atomic mass is 10.7. The molecule has 1 heterocycles. The highest BCUT2D eigenvalue weighted by Crippen LogP contribution is 2.06. The highest BCUT2D eigenvalue weighted by atomic mass is 32.2. The average molecular weight is 165 g/mol. The first-order valence-corrected chi connectivity index (χ1v) is 4.15. The Hall–Kier alpha value is -0.490. The summed E-state index contributed by atoms with van der Waals surface area (Å²) < 4.78 is 20.2. The Morgan fingerprint density at radius 2 is 2.22 bits per heavy atom. The molecular formula is C3H3NO3S2. The van der Waals surface area contributed by atoms with Gasteiger partial charge >= 0.3 is 0 Å². The van der Waals surface area contributed by atoms with Gasteiger partial charge in [-0.2, -0.15) is 8.42 Å². The van der Waals surface area contributed by atoms with E-state index >= 15 is 0 Å². The molecule has 0 aliphatic carbocycles. The second kappa shape index (κ2) is 2.40. The van der Waals surface area contributed by atoms with Crippen molar-refractivity contribution >= 4 is 32.3 Å². The first-order chi connectivity index (χ1) is 4.20. The molecule has 1 amide bonds. The predicted molar refractivity (Wildman–Crippen MR) is 34.5 cm³/mol. The zero-order valence-corrected chi connectivity index (χ0v) is 5.88. The molecule has 1 fully saturated rings. The molecule has 0 saturated carbocycles. The molecule has 1 aliphatic heterocycles. The summed E-state index contributed by atoms with van der Waals surface area (Å²) in [6.07, 6.45) is 0. The molecule has 1 rings (SSSR count). The number of hydrogen-bond donors (Lipinski definition) is 1. The van der Waals surface area contributed by atoms with Crippen molar-refractivity contribution in [2.45, 2.75) is 0 Å². The molecule has 6 heteroatoms. The number of hydrogen-bond acceptors (Lipinski definition) is 4. The topological polar surface area (TPSA) is 63.2 Å². The Kier molecular flexibility index (Phi) is 1.77. The number of carbonyl (C=O) groups excluding carboxylic acids is 1. The standard InChI is InChI=1S/C3H3NO3S2/c5-2-1-8-3(4-2)9(6)7/h1H2,(H,4,5). The fourth-order valence-corrected chi connectivity index (χ4v) is 1.69. The molecule has 9 heavy (non-hydrogen) atoms. The first kappa shape index (κ1) is 6.63. The number of nitrogens with one attached hydrogen (secondary N) is 1. The van der Waals surface area contributed by atoms with Gasteiger partial charge in [-0.05, 0) is 0 Å². The van der Waals surface area contributed by atoms with E-state index in [1.54, 1.807) is 0 Å². The van der Waals surface area contributed by atoms with Crippen molar-refractivity contribution in [3.8, 4) is 0 Å². The smallest absolute Gasteiger partial charge is 0.245 e. The van der Waals surface area contributed by atoms with E-state index in [4.69, 9.17) is 0 Å². The molecule has 50 valence electrons. The van der Waals surface area contributed by atoms with Crippen molar-refractivity contribution in [3.63, 3.8) is 0 Å². The van der Waals surface area contributed by atoms with Crippen molar-refractivity contribution < 1.29 is 13.2 Å². The summed E-state index contributed by atoms with van der Waals surface area (Å²) in [6.45, 7) is 0. The Labute approximate surface area is 57.2 Å². The van der Waals surface area contributed by atoms with E-state index in [1.807, 2.05) is 0 Å². The minimum atomic E-state index is -2.26. The van der Waals surface area contributed by atoms with Crippen LogP contribution in [0, 0.1) is 0 Å². The van der Waals surface area contributed by atoms with Crippen LogP contribution < -0.4 is 5.32 Å². The van der Waals surface area contributed by atoms with E-state index in [0.717, 1.165) is 11.8 Å². The van der Waals surface area contributed by atoms with E-state index in [1.165, 1.54) is 0 Å². The molecule has 0 aromatic heterocycles. The molecule has 0 bridgehead atoms. The van der Waals surface area contributed by atoms with Gasteiger partial charge in [0.25, 0.3) is 0 Å². The van der Waals surface area contributed by atoms with Gasteiger partial charge in [0, 0.05) is 0 Å². The lowest BCUT2D eigenvalue weighted by molar-refractivity contribution is -0.116. The molecule has 0 aromatic carbocycles. The van der Waals surface area contributed by atoms with Gasteiger partial charge in [0.1, 0.15) is 0 Å². The van der Waals surface area contributed by atoms with Crippen LogP contribution in [0.1, 0.15) is 0 Å². The SMILES string of the molecule is O=C1CSC(=S(=O)=O)N1. The summed E-state index contributed by atoms with van der Waals surface area (Å²) >= 11 is 1.00. The van der Waals surface area contributed by atoms with E-state index in [2.05, 4.69) is 5.32 Å². The molecule has 0 aromatic rings. The molecule has 1 saturated heterocycles. The second-order valence-electron chi connectivity index (χ2n) is 1.36. The van der Waals surface area contributed by atoms with Gasteiger partial charge in [-0.1, -0.05) is 11.8 Å². The Bertz CT molecular complexity index is 257. The highest BCUT2D eigenvalue weighted by molar-refractivity contribution is 8.22. The van der Waals surface area contributed by atoms with Crippen molar-refractivity contribution in [2.75, 3.05) is 5.75 Å². The van der Waals surface area contributed by atoms with Crippen molar-refractivity contribution in [1.29, 1.82) is 0 Å². The van der Waals surface area contributed by atoms with Gasteiger partial charge < -0.3 is 5.32 Å². The number of thioether (sulfide) groups is 1. The van der Waals surface area contributed by atoms with Crippen molar-refractivity contribution in [1.82, 2.24) is 5.32 Å². The van der Waals surface area contributed by atoms with Gasteiger partial charge in [0.15, 0.2) is 4.32 Å². The molecule has 1 N–H and O–H groups in total. The largest absolute Gasteiger partial charge is 0.307 e. The normalized spacial score (nSPS) is 17.8. The van der Waals surface area contributed by atoms with Crippen LogP contribution in [0.4, 0.5) is 0 Å². The first-order valence-electron chi connectivity index (χ1n) is 2.09. The number of rotatable bonds is 0. The predicted octanol–water partition coefficient (Wildman–Crippen LogP) is -1.18. The number of amides is 1. The van der Waals surface area contributed by atoms with Crippen LogP contribution in [0.3, 0.4) is 0 Å². The van der Waals surface area contributed by atoms with Crippen LogP contribution in [0.15, 0.2) is 0 Å². The summed E-state index contributed by atoms with van der Waals surface area (Å²) in [5.74, 6) is -0.0391. The van der Waals surface area contributed by atoms with Crippen LogP contribution in [0.25, 0.3) is 0 Å². The lowest BCUT2D eigenvalue weighted by Crippen LogP contribution is -2.20. The summed E-state index contributed by atoms with van der Waals surface area (Å²) in [5, 5.41) is 2.18. The van der Waals surface area contributed by atoms with Gasteiger partial charge in [-0.25, -0.2) is 0 Å². The zero-order valence-electron chi connectivity index (χ0n) is 4.25. The van der Waals surface area contributed by atoms with E-state index in [-0.39, 0.29) is 16.0 Å². The van der Waals surface area contributed by atoms with Gasteiger partial charge in [-0.15, -0.1) is 0 Å². The molecule has 0 unspecified atom stereocenters. The molecule has 4 nitrogen and oxygen atoms in total. The van der Waals surface area contributed by atoms with Gasteiger partial charge in [-0.3, -0.25) is 4.79 Å². The highest BCUT2D eigenvalue weighted by Gasteiger charge is 2.16. The average Bonchev–Trinajstić information content (AvgIpc) is 2.14. The minimum Gasteiger partial charge on any atom is -0.307 e. The third-order valence-corrected chi connectivity index (χ3v) is 2.66. The zero-order chi connectivity index (χ0) is 6.85. The maximum absolute atomic E-state index is 10.3. The second-order valence-corrected chi connectivity index (χ2v) is 3.48. The maximum Gasteiger partial charge on any atom is 0.245 e. The van der Waals surface area contributed by atoms with Crippen LogP contribution in [0.5, 0.6) is 0 Å². The minimum absolute atomic E-state index is 0.0278. The quantitative estimate of drug-likeness (QED) is 0.459. The monoisotopic (exact) mass is 165 g/mol. The lowest BCUT2D eigenvalue weighted by Gasteiger charge is -1.81. The van der Waals surface area contributed by atoms with Crippen LogP contribution in [-0.4, -0.2) is 24.4 Å². The van der Waals surface area contributed by atoms with Gasteiger partial charge in [0.05, 0.1) is 5.75 Å². The van der Waals surface area contributed by atoms with E-state index in [9.17, 15) is 13.2 Å². The summed E-state index contributed by atoms with van der Waals surface area (Å²) in [4.78, 5) is 10.3. The third-order valence-electron chi connectivity index (χ3n) is 0.727. The van der Waals surface area contributed by atoms with Crippen molar-refractivity contribution in [2.24, 2.45) is 0 Å². The van der Waals surface area contributed by atoms with Crippen molar-refractivity contribution in [3.05, 3.63) is 0 Å². The van der Waals surface area contributed by atoms with E-state index in [0.29, 0.717) is 0 Å². The van der Waals surface area contributed by atoms with Gasteiger partial charge in [0.2, 0.25) is 16.2 Å². The molecular weight excluding hydrogens is 162 g/mol. The molecule has 0 spiro atoms. The Morgan fingerprint density at radius 1 is 1.56 bits per heavy atom. The third kappa shape index (κ3) is 1.46. The number of carbonyl (C=O) groups is 1. The summed E-state index contributed by atoms with van der Waals surface area (Å²) in [5.41, 5.74) is 0. The Balaban J connectivity index is 2.94. The maximum atomic E-state index is 10.3. The summed E-state index contributed by atoms with van der Waals surface area (Å²) in [6, 6.07) is 0. The molecule has 1 aliphatic rings. The van der Waals surface area contributed by atoms with E-state index < -0.39 is 10.3 Å². The fourth-order valence-electron chi connectivity index (χ4n) is 0.407. The van der Waals surface area contributed by atoms with Crippen LogP contribution in [0.2, 0.25) is 0 Å².